The summed E-state index contributed by atoms with van der Waals surface area (Å²) in [6.07, 6.45) is 2.14. The summed E-state index contributed by atoms with van der Waals surface area (Å²) in [5.74, 6) is 1.04. The van der Waals surface area contributed by atoms with Crippen LogP contribution in [0.5, 0.6) is 5.75 Å². The molecule has 1 aromatic carbocycles. The molecule has 1 atom stereocenters. The van der Waals surface area contributed by atoms with Gasteiger partial charge in [-0.25, -0.2) is 0 Å². The quantitative estimate of drug-likeness (QED) is 0.845. The summed E-state index contributed by atoms with van der Waals surface area (Å²) in [7, 11) is 0. The fraction of sp³-hybridized carbons (Fsp3) is 0.375. The maximum absolute atomic E-state index is 12.2. The fourth-order valence-electron chi connectivity index (χ4n) is 2.46. The van der Waals surface area contributed by atoms with Crippen LogP contribution in [0.3, 0.4) is 0 Å². The first kappa shape index (κ1) is 15.9. The van der Waals surface area contributed by atoms with Crippen LogP contribution in [0.15, 0.2) is 39.8 Å². The number of hydrogen-bond donors (Lipinski definition) is 1. The van der Waals surface area contributed by atoms with Crippen LogP contribution in [0, 0.1) is 0 Å². The molecule has 1 fully saturated rings. The number of rotatable bonds is 5. The molecule has 1 aliphatic heterocycles. The summed E-state index contributed by atoms with van der Waals surface area (Å²) in [4.78, 5) is 14.8. The Morgan fingerprint density at radius 1 is 1.52 bits per heavy atom. The predicted octanol–water partition coefficient (Wildman–Crippen LogP) is 2.18. The van der Waals surface area contributed by atoms with Crippen molar-refractivity contribution in [2.45, 2.75) is 24.0 Å². The number of aliphatic hydroxyl groups is 1. The molecule has 6 nitrogen and oxygen atoms in total. The fourth-order valence-corrected chi connectivity index (χ4v) is 3.00. The first-order valence-corrected chi connectivity index (χ1v) is 8.58. The zero-order valence-corrected chi connectivity index (χ0v) is 13.6. The Morgan fingerprint density at radius 3 is 3.09 bits per heavy atom. The lowest BCUT2D eigenvalue weighted by molar-refractivity contribution is 0.0754. The van der Waals surface area contributed by atoms with Crippen molar-refractivity contribution in [2.24, 2.45) is 0 Å². The summed E-state index contributed by atoms with van der Waals surface area (Å²) in [5.41, 5.74) is 0.246. The van der Waals surface area contributed by atoms with Crippen molar-refractivity contribution < 1.29 is 19.2 Å². The van der Waals surface area contributed by atoms with E-state index in [2.05, 4.69) is 5.16 Å². The molecular formula is C16H18N2O4S. The Balaban J connectivity index is 1.62. The molecule has 3 rings (SSSR count). The minimum atomic E-state index is -0.447. The van der Waals surface area contributed by atoms with Crippen LogP contribution in [-0.2, 0) is 6.61 Å². The highest BCUT2D eigenvalue weighted by atomic mass is 32.2. The van der Waals surface area contributed by atoms with Gasteiger partial charge in [-0.05, 0) is 24.8 Å². The van der Waals surface area contributed by atoms with E-state index < -0.39 is 6.10 Å². The molecule has 1 aliphatic rings. The smallest absolute Gasteiger partial charge is 0.276 e. The van der Waals surface area contributed by atoms with Gasteiger partial charge in [0.25, 0.3) is 5.91 Å². The molecular weight excluding hydrogens is 316 g/mol. The SMILES string of the molecule is CSc1ccccc1OCc1cc(C(=O)N2CC[C@H](O)C2)no1. The van der Waals surface area contributed by atoms with E-state index in [9.17, 15) is 9.90 Å². The lowest BCUT2D eigenvalue weighted by atomic mass is 10.3. The van der Waals surface area contributed by atoms with Crippen molar-refractivity contribution in [1.29, 1.82) is 0 Å². The number of carbonyl (C=O) groups excluding carboxylic acids is 1. The molecule has 7 heteroatoms. The van der Waals surface area contributed by atoms with Gasteiger partial charge < -0.3 is 19.3 Å². The number of nitrogens with zero attached hydrogens (tertiary/aromatic N) is 2. The number of ether oxygens (including phenoxy) is 1. The van der Waals surface area contributed by atoms with E-state index in [1.165, 1.54) is 0 Å². The number of aromatic nitrogens is 1. The summed E-state index contributed by atoms with van der Waals surface area (Å²) >= 11 is 1.60. The van der Waals surface area contributed by atoms with Crippen molar-refractivity contribution in [3.63, 3.8) is 0 Å². The van der Waals surface area contributed by atoms with Gasteiger partial charge in [-0.15, -0.1) is 11.8 Å². The molecule has 0 aliphatic carbocycles. The standard InChI is InChI=1S/C16H18N2O4S/c1-23-15-5-3-2-4-14(15)21-10-12-8-13(17-22-12)16(20)18-7-6-11(19)9-18/h2-5,8,11,19H,6-7,9-10H2,1H3/t11-/m0/s1. The van der Waals surface area contributed by atoms with Gasteiger partial charge in [0.2, 0.25) is 0 Å². The summed E-state index contributed by atoms with van der Waals surface area (Å²) in [5, 5.41) is 13.3. The van der Waals surface area contributed by atoms with Crippen LogP contribution in [0.4, 0.5) is 0 Å². The number of β-amino-alcohol motifs (C(OH)–C–C–N with tert-alkyl or cyclic N) is 1. The van der Waals surface area contributed by atoms with Crippen molar-refractivity contribution in [1.82, 2.24) is 10.1 Å². The van der Waals surface area contributed by atoms with E-state index in [0.717, 1.165) is 10.6 Å². The van der Waals surface area contributed by atoms with Crippen LogP contribution in [0.1, 0.15) is 22.7 Å². The highest BCUT2D eigenvalue weighted by molar-refractivity contribution is 7.98. The lowest BCUT2D eigenvalue weighted by Gasteiger charge is -2.12. The minimum Gasteiger partial charge on any atom is -0.484 e. The average molecular weight is 334 g/mol. The number of hydrogen-bond acceptors (Lipinski definition) is 6. The Kier molecular flexibility index (Phi) is 4.88. The Morgan fingerprint density at radius 2 is 2.35 bits per heavy atom. The van der Waals surface area contributed by atoms with Gasteiger partial charge in [-0.3, -0.25) is 4.79 Å². The average Bonchev–Trinajstić information content (AvgIpc) is 3.21. The lowest BCUT2D eigenvalue weighted by Crippen LogP contribution is -2.29. The topological polar surface area (TPSA) is 75.8 Å². The minimum absolute atomic E-state index is 0.209. The van der Waals surface area contributed by atoms with Crippen molar-refractivity contribution in [3.8, 4) is 5.75 Å². The second kappa shape index (κ2) is 7.06. The molecule has 1 amide bonds. The van der Waals surface area contributed by atoms with Crippen molar-refractivity contribution in [2.75, 3.05) is 19.3 Å². The molecule has 2 aromatic rings. The van der Waals surface area contributed by atoms with Gasteiger partial charge in [-0.2, -0.15) is 0 Å². The van der Waals surface area contributed by atoms with E-state index in [1.54, 1.807) is 22.7 Å². The van der Waals surface area contributed by atoms with Crippen LogP contribution < -0.4 is 4.74 Å². The van der Waals surface area contributed by atoms with Crippen LogP contribution >= 0.6 is 11.8 Å². The van der Waals surface area contributed by atoms with Crippen LogP contribution in [-0.4, -0.2) is 46.5 Å². The third-order valence-corrected chi connectivity index (χ3v) is 4.44. The molecule has 0 saturated carbocycles. The summed E-state index contributed by atoms with van der Waals surface area (Å²) < 4.78 is 10.9. The van der Waals surface area contributed by atoms with E-state index >= 15 is 0 Å². The van der Waals surface area contributed by atoms with Gasteiger partial charge in [-0.1, -0.05) is 17.3 Å². The number of thioether (sulfide) groups is 1. The number of benzene rings is 1. The van der Waals surface area contributed by atoms with E-state index in [-0.39, 0.29) is 18.2 Å². The van der Waals surface area contributed by atoms with Crippen molar-refractivity contribution >= 4 is 17.7 Å². The normalized spacial score (nSPS) is 17.5. The molecule has 2 heterocycles. The van der Waals surface area contributed by atoms with Crippen molar-refractivity contribution in [3.05, 3.63) is 41.8 Å². The number of carbonyl (C=O) groups is 1. The first-order valence-electron chi connectivity index (χ1n) is 7.36. The first-order chi connectivity index (χ1) is 11.2. The molecule has 122 valence electrons. The Hall–Kier alpha value is -1.99. The molecule has 1 N–H and O–H groups in total. The van der Waals surface area contributed by atoms with E-state index in [1.807, 2.05) is 30.5 Å². The van der Waals surface area contributed by atoms with Gasteiger partial charge in [0.05, 0.1) is 6.10 Å². The summed E-state index contributed by atoms with van der Waals surface area (Å²) in [6.45, 7) is 1.10. The number of para-hydroxylation sites is 1. The highest BCUT2D eigenvalue weighted by Gasteiger charge is 2.27. The largest absolute Gasteiger partial charge is 0.484 e. The van der Waals surface area contributed by atoms with Gasteiger partial charge in [0.15, 0.2) is 11.5 Å². The maximum Gasteiger partial charge on any atom is 0.276 e. The zero-order chi connectivity index (χ0) is 16.2. The number of aliphatic hydroxyl groups excluding tert-OH is 1. The number of amides is 1. The molecule has 0 bridgehead atoms. The van der Waals surface area contributed by atoms with Crippen LogP contribution in [0.25, 0.3) is 0 Å². The zero-order valence-electron chi connectivity index (χ0n) is 12.8. The molecule has 0 spiro atoms. The Labute approximate surface area is 138 Å². The third-order valence-electron chi connectivity index (χ3n) is 3.67. The van der Waals surface area contributed by atoms with Gasteiger partial charge >= 0.3 is 0 Å². The molecule has 0 unspecified atom stereocenters. The van der Waals surface area contributed by atoms with Gasteiger partial charge in [0, 0.05) is 24.1 Å². The molecule has 1 aromatic heterocycles. The molecule has 23 heavy (non-hydrogen) atoms. The molecule has 0 radical (unpaired) electrons. The maximum atomic E-state index is 12.2. The monoisotopic (exact) mass is 334 g/mol. The number of likely N-dealkylation sites (tertiary alicyclic amines) is 1. The third kappa shape index (κ3) is 3.68. The summed E-state index contributed by atoms with van der Waals surface area (Å²) in [6, 6.07) is 9.32. The predicted molar refractivity (Wildman–Crippen MR) is 85.6 cm³/mol. The van der Waals surface area contributed by atoms with Gasteiger partial charge in [0.1, 0.15) is 12.4 Å². The Bertz CT molecular complexity index is 688. The second-order valence-electron chi connectivity index (χ2n) is 5.31. The van der Waals surface area contributed by atoms with Crippen LogP contribution in [0.2, 0.25) is 0 Å². The molecule has 1 saturated heterocycles. The van der Waals surface area contributed by atoms with E-state index in [0.29, 0.717) is 25.3 Å². The van der Waals surface area contributed by atoms with E-state index in [4.69, 9.17) is 9.26 Å². The highest BCUT2D eigenvalue weighted by Crippen LogP contribution is 2.27. The second-order valence-corrected chi connectivity index (χ2v) is 6.16.